The first-order valence-corrected chi connectivity index (χ1v) is 6.87. The molecule has 3 heterocycles. The Morgan fingerprint density at radius 3 is 2.10 bits per heavy atom. The van der Waals surface area contributed by atoms with Gasteiger partial charge in [0.05, 0.1) is 18.6 Å². The van der Waals surface area contributed by atoms with Gasteiger partial charge in [-0.1, -0.05) is 0 Å². The molecule has 0 amide bonds. The molecule has 0 aromatic carbocycles. The monoisotopic (exact) mass is 288 g/mol. The fourth-order valence-corrected chi connectivity index (χ4v) is 2.33. The van der Waals surface area contributed by atoms with Crippen molar-refractivity contribution in [2.75, 3.05) is 48.3 Å². The van der Waals surface area contributed by atoms with E-state index < -0.39 is 0 Å². The van der Waals surface area contributed by atoms with E-state index in [9.17, 15) is 4.39 Å². The Morgan fingerprint density at radius 1 is 0.905 bits per heavy atom. The molecule has 1 aliphatic heterocycles. The zero-order valence-electron chi connectivity index (χ0n) is 11.8. The van der Waals surface area contributed by atoms with E-state index in [2.05, 4.69) is 30.1 Å². The van der Waals surface area contributed by atoms with Gasteiger partial charge in [0.1, 0.15) is 23.3 Å². The molecule has 110 valence electrons. The third-order valence-electron chi connectivity index (χ3n) is 3.53. The quantitative estimate of drug-likeness (QED) is 0.921. The van der Waals surface area contributed by atoms with Crippen molar-refractivity contribution in [3.8, 4) is 0 Å². The first-order chi connectivity index (χ1) is 10.3. The number of halogens is 1. The van der Waals surface area contributed by atoms with Crippen LogP contribution in [0.3, 0.4) is 0 Å². The minimum absolute atomic E-state index is 0.308. The first kappa shape index (κ1) is 13.5. The van der Waals surface area contributed by atoms with E-state index in [1.54, 1.807) is 18.5 Å². The molecule has 3 rings (SSSR count). The van der Waals surface area contributed by atoms with E-state index in [0.29, 0.717) is 0 Å². The molecule has 21 heavy (non-hydrogen) atoms. The summed E-state index contributed by atoms with van der Waals surface area (Å²) in [6.45, 7) is 3.33. The number of nitrogens with zero attached hydrogens (tertiary/aromatic N) is 5. The number of anilines is 3. The number of piperazine rings is 1. The van der Waals surface area contributed by atoms with Gasteiger partial charge in [0.25, 0.3) is 0 Å². The lowest BCUT2D eigenvalue weighted by Crippen LogP contribution is -2.47. The Bertz CT molecular complexity index is 577. The molecule has 0 spiro atoms. The number of hydrogen-bond donors (Lipinski definition) is 1. The average Bonchev–Trinajstić information content (AvgIpc) is 2.56. The molecule has 0 unspecified atom stereocenters. The highest BCUT2D eigenvalue weighted by Crippen LogP contribution is 2.17. The van der Waals surface area contributed by atoms with Crippen LogP contribution in [-0.2, 0) is 0 Å². The highest BCUT2D eigenvalue weighted by molar-refractivity contribution is 5.45. The lowest BCUT2D eigenvalue weighted by molar-refractivity contribution is 0.614. The zero-order valence-corrected chi connectivity index (χ0v) is 11.8. The van der Waals surface area contributed by atoms with E-state index in [-0.39, 0.29) is 5.82 Å². The van der Waals surface area contributed by atoms with Crippen LogP contribution in [0.15, 0.2) is 30.7 Å². The van der Waals surface area contributed by atoms with Crippen molar-refractivity contribution in [1.29, 1.82) is 0 Å². The fraction of sp³-hybridized carbons (Fsp3) is 0.357. The van der Waals surface area contributed by atoms with Gasteiger partial charge in [-0.3, -0.25) is 0 Å². The van der Waals surface area contributed by atoms with Crippen molar-refractivity contribution in [3.63, 3.8) is 0 Å². The van der Waals surface area contributed by atoms with Crippen molar-refractivity contribution in [2.45, 2.75) is 0 Å². The molecule has 6 nitrogen and oxygen atoms in total. The van der Waals surface area contributed by atoms with Crippen LogP contribution in [0.5, 0.6) is 0 Å². The van der Waals surface area contributed by atoms with Gasteiger partial charge in [0.2, 0.25) is 0 Å². The molecule has 1 N–H and O–H groups in total. The maximum atomic E-state index is 12.9. The SMILES string of the molecule is CNc1cnc(N2CCN(c3ccc(F)cn3)CC2)cn1. The van der Waals surface area contributed by atoms with Crippen LogP contribution in [-0.4, -0.2) is 48.2 Å². The number of aromatic nitrogens is 3. The molecule has 0 saturated carbocycles. The first-order valence-electron chi connectivity index (χ1n) is 6.87. The standard InChI is InChI=1S/C14H17FN6/c1-16-12-9-19-14(10-17-12)21-6-4-20(5-7-21)13-3-2-11(15)8-18-13/h2-3,8-10H,4-7H2,1H3,(H,16,17). The van der Waals surface area contributed by atoms with E-state index >= 15 is 0 Å². The molecule has 1 aliphatic rings. The van der Waals surface area contributed by atoms with Crippen LogP contribution in [0.2, 0.25) is 0 Å². The van der Waals surface area contributed by atoms with Gasteiger partial charge in [0.15, 0.2) is 0 Å². The van der Waals surface area contributed by atoms with Gasteiger partial charge >= 0.3 is 0 Å². The van der Waals surface area contributed by atoms with Crippen molar-refractivity contribution < 1.29 is 4.39 Å². The summed E-state index contributed by atoms with van der Waals surface area (Å²) in [6, 6.07) is 3.16. The molecule has 2 aromatic heterocycles. The second-order valence-electron chi connectivity index (χ2n) is 4.82. The lowest BCUT2D eigenvalue weighted by atomic mass is 10.3. The van der Waals surface area contributed by atoms with E-state index in [0.717, 1.165) is 43.6 Å². The van der Waals surface area contributed by atoms with Crippen LogP contribution in [0.1, 0.15) is 0 Å². The maximum Gasteiger partial charge on any atom is 0.147 e. The summed E-state index contributed by atoms with van der Waals surface area (Å²) < 4.78 is 12.9. The van der Waals surface area contributed by atoms with E-state index in [4.69, 9.17) is 0 Å². The summed E-state index contributed by atoms with van der Waals surface area (Å²) in [5.74, 6) is 2.14. The molecule has 7 heteroatoms. The third kappa shape index (κ3) is 3.01. The Labute approximate surface area is 122 Å². The highest BCUT2D eigenvalue weighted by atomic mass is 19.1. The Balaban J connectivity index is 1.62. The summed E-state index contributed by atoms with van der Waals surface area (Å²) in [7, 11) is 1.82. The van der Waals surface area contributed by atoms with Crippen molar-refractivity contribution in [1.82, 2.24) is 15.0 Å². The van der Waals surface area contributed by atoms with Gasteiger partial charge < -0.3 is 15.1 Å². The zero-order chi connectivity index (χ0) is 14.7. The summed E-state index contributed by atoms with van der Waals surface area (Å²) in [4.78, 5) is 17.1. The lowest BCUT2D eigenvalue weighted by Gasteiger charge is -2.35. The second kappa shape index (κ2) is 5.90. The number of nitrogens with one attached hydrogen (secondary N) is 1. The van der Waals surface area contributed by atoms with Crippen LogP contribution < -0.4 is 15.1 Å². The van der Waals surface area contributed by atoms with Crippen LogP contribution in [0.4, 0.5) is 21.8 Å². The number of rotatable bonds is 3. The molecular weight excluding hydrogens is 271 g/mol. The molecule has 0 aliphatic carbocycles. The van der Waals surface area contributed by atoms with Gasteiger partial charge in [-0.25, -0.2) is 19.3 Å². The molecule has 0 bridgehead atoms. The van der Waals surface area contributed by atoms with Crippen LogP contribution in [0.25, 0.3) is 0 Å². The molecule has 0 radical (unpaired) electrons. The summed E-state index contributed by atoms with van der Waals surface area (Å²) >= 11 is 0. The second-order valence-corrected chi connectivity index (χ2v) is 4.82. The minimum atomic E-state index is -0.308. The smallest absolute Gasteiger partial charge is 0.147 e. The summed E-state index contributed by atoms with van der Waals surface area (Å²) in [5.41, 5.74) is 0. The van der Waals surface area contributed by atoms with Crippen molar-refractivity contribution in [2.24, 2.45) is 0 Å². The summed E-state index contributed by atoms with van der Waals surface area (Å²) in [5, 5.41) is 2.95. The van der Waals surface area contributed by atoms with E-state index in [1.807, 2.05) is 7.05 Å². The predicted molar refractivity (Wildman–Crippen MR) is 80.2 cm³/mol. The maximum absolute atomic E-state index is 12.9. The van der Waals surface area contributed by atoms with Crippen molar-refractivity contribution >= 4 is 17.5 Å². The number of pyridine rings is 1. The highest BCUT2D eigenvalue weighted by Gasteiger charge is 2.19. The van der Waals surface area contributed by atoms with Crippen LogP contribution >= 0.6 is 0 Å². The molecule has 2 aromatic rings. The van der Waals surface area contributed by atoms with Gasteiger partial charge in [-0.05, 0) is 12.1 Å². The molecule has 1 saturated heterocycles. The number of hydrogen-bond acceptors (Lipinski definition) is 6. The van der Waals surface area contributed by atoms with E-state index in [1.165, 1.54) is 12.3 Å². The van der Waals surface area contributed by atoms with Gasteiger partial charge in [-0.15, -0.1) is 0 Å². The molecule has 0 atom stereocenters. The van der Waals surface area contributed by atoms with Crippen LogP contribution in [0, 0.1) is 5.82 Å². The third-order valence-corrected chi connectivity index (χ3v) is 3.53. The van der Waals surface area contributed by atoms with Crippen molar-refractivity contribution in [3.05, 3.63) is 36.5 Å². The predicted octanol–water partition coefficient (Wildman–Crippen LogP) is 1.38. The minimum Gasteiger partial charge on any atom is -0.372 e. The Hall–Kier alpha value is -2.44. The fourth-order valence-electron chi connectivity index (χ4n) is 2.33. The molecular formula is C14H17FN6. The topological polar surface area (TPSA) is 57.2 Å². The normalized spacial score (nSPS) is 15.1. The Morgan fingerprint density at radius 2 is 1.57 bits per heavy atom. The molecule has 1 fully saturated rings. The average molecular weight is 288 g/mol. The largest absolute Gasteiger partial charge is 0.372 e. The van der Waals surface area contributed by atoms with Gasteiger partial charge in [0, 0.05) is 33.2 Å². The van der Waals surface area contributed by atoms with Gasteiger partial charge in [-0.2, -0.15) is 0 Å². The Kier molecular flexibility index (Phi) is 3.81. The summed E-state index contributed by atoms with van der Waals surface area (Å²) in [6.07, 6.45) is 4.75.